The molecule has 0 radical (unpaired) electrons. The number of halogens is 4. The fourth-order valence-electron chi connectivity index (χ4n) is 2.78. The van der Waals surface area contributed by atoms with E-state index in [0.717, 1.165) is 18.2 Å². The number of nitrogens with one attached hydrogen (secondary N) is 2. The van der Waals surface area contributed by atoms with Crippen LogP contribution in [0.3, 0.4) is 0 Å². The van der Waals surface area contributed by atoms with Crippen molar-refractivity contribution in [1.29, 1.82) is 5.41 Å². The maximum atomic E-state index is 13.4. The van der Waals surface area contributed by atoms with Crippen LogP contribution in [0.4, 0.5) is 24.7 Å². The van der Waals surface area contributed by atoms with Gasteiger partial charge in [-0.05, 0) is 48.5 Å². The number of aromatic nitrogens is 1. The second-order valence-electron chi connectivity index (χ2n) is 6.27. The van der Waals surface area contributed by atoms with Crippen molar-refractivity contribution in [3.05, 3.63) is 88.1 Å². The maximum Gasteiger partial charge on any atom is 0.417 e. The molecule has 3 aromatic rings. The SMILES string of the molecule is N=C(C(=O)c1c(Cl)cccc1C(F)(F)F)c1cccnc1Nc1ccc(C(=O)O)cc1. The van der Waals surface area contributed by atoms with Gasteiger partial charge in [-0.15, -0.1) is 0 Å². The van der Waals surface area contributed by atoms with Gasteiger partial charge in [-0.2, -0.15) is 13.2 Å². The van der Waals surface area contributed by atoms with Crippen molar-refractivity contribution < 1.29 is 27.9 Å². The zero-order valence-electron chi connectivity index (χ0n) is 15.5. The number of carboxylic acid groups (broad SMARTS) is 1. The lowest BCUT2D eigenvalue weighted by atomic mass is 9.96. The van der Waals surface area contributed by atoms with Crippen LogP contribution in [0.25, 0.3) is 0 Å². The first-order valence-corrected chi connectivity index (χ1v) is 9.02. The van der Waals surface area contributed by atoms with E-state index in [1.165, 1.54) is 42.6 Å². The van der Waals surface area contributed by atoms with Crippen LogP contribution in [0.15, 0.2) is 60.8 Å². The number of alkyl halides is 3. The Labute approximate surface area is 178 Å². The van der Waals surface area contributed by atoms with Crippen LogP contribution in [0.5, 0.6) is 0 Å². The van der Waals surface area contributed by atoms with Crippen molar-refractivity contribution in [3.63, 3.8) is 0 Å². The van der Waals surface area contributed by atoms with Gasteiger partial charge in [0.15, 0.2) is 0 Å². The van der Waals surface area contributed by atoms with Crippen LogP contribution in [0.2, 0.25) is 5.02 Å². The number of Topliss-reactive ketones (excluding diaryl/α,β-unsaturated/α-hetero) is 1. The Morgan fingerprint density at radius 3 is 2.32 bits per heavy atom. The summed E-state index contributed by atoms with van der Waals surface area (Å²) in [5, 5.41) is 19.6. The number of hydrogen-bond donors (Lipinski definition) is 3. The minimum Gasteiger partial charge on any atom is -0.478 e. The van der Waals surface area contributed by atoms with E-state index in [4.69, 9.17) is 22.1 Å². The topological polar surface area (TPSA) is 103 Å². The fraction of sp³-hybridized carbons (Fsp3) is 0.0476. The normalized spacial score (nSPS) is 11.1. The van der Waals surface area contributed by atoms with E-state index < -0.39 is 39.8 Å². The highest BCUT2D eigenvalue weighted by Gasteiger charge is 2.37. The van der Waals surface area contributed by atoms with E-state index in [-0.39, 0.29) is 16.9 Å². The van der Waals surface area contributed by atoms with Gasteiger partial charge in [0.25, 0.3) is 0 Å². The van der Waals surface area contributed by atoms with Crippen molar-refractivity contribution in [2.45, 2.75) is 6.18 Å². The number of ketones is 1. The number of anilines is 2. The van der Waals surface area contributed by atoms with Gasteiger partial charge in [0.2, 0.25) is 5.78 Å². The zero-order chi connectivity index (χ0) is 22.8. The first kappa shape index (κ1) is 22.0. The molecule has 0 aliphatic carbocycles. The second-order valence-corrected chi connectivity index (χ2v) is 6.68. The third-order valence-corrected chi connectivity index (χ3v) is 4.56. The number of carboxylic acids is 1. The molecule has 31 heavy (non-hydrogen) atoms. The van der Waals surface area contributed by atoms with Crippen molar-refractivity contribution in [3.8, 4) is 0 Å². The van der Waals surface area contributed by atoms with Crippen molar-refractivity contribution in [2.24, 2.45) is 0 Å². The number of aromatic carboxylic acids is 1. The van der Waals surface area contributed by atoms with Gasteiger partial charge in [-0.3, -0.25) is 10.2 Å². The highest BCUT2D eigenvalue weighted by molar-refractivity contribution is 6.53. The highest BCUT2D eigenvalue weighted by atomic mass is 35.5. The van der Waals surface area contributed by atoms with Gasteiger partial charge in [0, 0.05) is 17.4 Å². The molecule has 0 unspecified atom stereocenters. The van der Waals surface area contributed by atoms with E-state index >= 15 is 0 Å². The molecule has 0 spiro atoms. The van der Waals surface area contributed by atoms with Gasteiger partial charge in [0.05, 0.1) is 21.7 Å². The summed E-state index contributed by atoms with van der Waals surface area (Å²) in [4.78, 5) is 27.8. The van der Waals surface area contributed by atoms with Crippen LogP contribution in [-0.2, 0) is 6.18 Å². The summed E-state index contributed by atoms with van der Waals surface area (Å²) in [6, 6.07) is 11.3. The van der Waals surface area contributed by atoms with E-state index in [9.17, 15) is 22.8 Å². The quantitative estimate of drug-likeness (QED) is 0.344. The monoisotopic (exact) mass is 447 g/mol. The number of pyridine rings is 1. The third kappa shape index (κ3) is 4.72. The average molecular weight is 448 g/mol. The first-order valence-electron chi connectivity index (χ1n) is 8.64. The van der Waals surface area contributed by atoms with E-state index in [2.05, 4.69) is 10.3 Å². The van der Waals surface area contributed by atoms with Crippen molar-refractivity contribution in [1.82, 2.24) is 4.98 Å². The minimum absolute atomic E-state index is 0.0320. The fourth-order valence-corrected chi connectivity index (χ4v) is 3.04. The molecule has 0 bridgehead atoms. The van der Waals surface area contributed by atoms with Crippen LogP contribution < -0.4 is 5.32 Å². The molecule has 0 fully saturated rings. The molecule has 0 aliphatic heterocycles. The lowest BCUT2D eigenvalue weighted by molar-refractivity contribution is -0.137. The molecule has 1 heterocycles. The molecule has 0 saturated carbocycles. The van der Waals surface area contributed by atoms with Crippen LogP contribution in [0.1, 0.15) is 31.8 Å². The van der Waals surface area contributed by atoms with E-state index in [1.54, 1.807) is 0 Å². The molecule has 158 valence electrons. The van der Waals surface area contributed by atoms with Crippen molar-refractivity contribution in [2.75, 3.05) is 5.32 Å². The third-order valence-electron chi connectivity index (χ3n) is 4.24. The Morgan fingerprint density at radius 1 is 1.03 bits per heavy atom. The Hall–Kier alpha value is -3.72. The summed E-state index contributed by atoms with van der Waals surface area (Å²) in [6.45, 7) is 0. The summed E-state index contributed by atoms with van der Waals surface area (Å²) in [5.74, 6) is -2.29. The number of nitrogens with zero attached hydrogens (tertiary/aromatic N) is 1. The molecular formula is C21H13ClF3N3O3. The minimum atomic E-state index is -4.84. The van der Waals surface area contributed by atoms with Gasteiger partial charge in [-0.1, -0.05) is 17.7 Å². The van der Waals surface area contributed by atoms with Gasteiger partial charge < -0.3 is 10.4 Å². The van der Waals surface area contributed by atoms with Gasteiger partial charge in [-0.25, -0.2) is 9.78 Å². The molecule has 2 aromatic carbocycles. The molecule has 0 aliphatic rings. The Morgan fingerprint density at radius 2 is 1.71 bits per heavy atom. The largest absolute Gasteiger partial charge is 0.478 e. The lowest BCUT2D eigenvalue weighted by Crippen LogP contribution is -2.21. The average Bonchev–Trinajstić information content (AvgIpc) is 2.72. The highest BCUT2D eigenvalue weighted by Crippen LogP contribution is 2.36. The lowest BCUT2D eigenvalue weighted by Gasteiger charge is -2.15. The maximum absolute atomic E-state index is 13.4. The first-order chi connectivity index (χ1) is 14.6. The molecule has 10 heteroatoms. The molecule has 3 rings (SSSR count). The molecule has 0 saturated heterocycles. The van der Waals surface area contributed by atoms with Crippen LogP contribution >= 0.6 is 11.6 Å². The molecule has 0 atom stereocenters. The number of carbonyl (C=O) groups excluding carboxylic acids is 1. The number of carbonyl (C=O) groups is 2. The predicted molar refractivity (Wildman–Crippen MR) is 109 cm³/mol. The predicted octanol–water partition coefficient (Wildman–Crippen LogP) is 5.45. The standard InChI is InChI=1S/C21H13ClF3N3O3/c22-15-5-1-4-14(21(23,24)25)16(15)18(29)17(26)13-3-2-10-27-19(13)28-12-8-6-11(7-9-12)20(30)31/h1-10,26H,(H,27,28)(H,30,31). The molecule has 6 nitrogen and oxygen atoms in total. The van der Waals surface area contributed by atoms with E-state index in [1.807, 2.05) is 0 Å². The van der Waals surface area contributed by atoms with Crippen LogP contribution in [-0.4, -0.2) is 27.6 Å². The Bertz CT molecular complexity index is 1180. The smallest absolute Gasteiger partial charge is 0.417 e. The second kappa shape index (κ2) is 8.57. The molecule has 3 N–H and O–H groups in total. The summed E-state index contributed by atoms with van der Waals surface area (Å²) in [5.41, 5.74) is -2.40. The van der Waals surface area contributed by atoms with Crippen molar-refractivity contribution >= 4 is 40.6 Å². The van der Waals surface area contributed by atoms with E-state index in [0.29, 0.717) is 5.69 Å². The molecular weight excluding hydrogens is 435 g/mol. The van der Waals surface area contributed by atoms with Gasteiger partial charge in [0.1, 0.15) is 11.5 Å². The zero-order valence-corrected chi connectivity index (χ0v) is 16.3. The number of rotatable bonds is 6. The van der Waals surface area contributed by atoms with Gasteiger partial charge >= 0.3 is 12.1 Å². The number of benzene rings is 2. The summed E-state index contributed by atoms with van der Waals surface area (Å²) >= 11 is 5.88. The Kier molecular flexibility index (Phi) is 6.07. The number of hydrogen-bond acceptors (Lipinski definition) is 5. The summed E-state index contributed by atoms with van der Waals surface area (Å²) in [6.07, 6.45) is -3.47. The molecule has 1 aromatic heterocycles. The summed E-state index contributed by atoms with van der Waals surface area (Å²) in [7, 11) is 0. The molecule has 0 amide bonds. The Balaban J connectivity index is 1.97. The van der Waals surface area contributed by atoms with Crippen LogP contribution in [0, 0.1) is 5.41 Å². The summed E-state index contributed by atoms with van der Waals surface area (Å²) < 4.78 is 40.1.